The molecule has 0 atom stereocenters. The van der Waals surface area contributed by atoms with Crippen molar-refractivity contribution < 1.29 is 9.53 Å². The fourth-order valence-electron chi connectivity index (χ4n) is 1.36. The van der Waals surface area contributed by atoms with Crippen LogP contribution in [0.2, 0.25) is 0 Å². The molecule has 15 heavy (non-hydrogen) atoms. The number of pyridine rings is 1. The molecular formula is C10H11N3O2. The molecule has 2 heterocycles. The minimum Gasteiger partial charge on any atom is -0.464 e. The maximum Gasteiger partial charge on any atom is 0.358 e. The quantitative estimate of drug-likeness (QED) is 0.728. The number of ether oxygens (including phenoxy) is 1. The Balaban J connectivity index is 2.51. The number of hydrogen-bond acceptors (Lipinski definition) is 4. The fraction of sp³-hybridized carbons (Fsp3) is 0.200. The molecule has 0 saturated carbocycles. The van der Waals surface area contributed by atoms with Gasteiger partial charge in [0.05, 0.1) is 7.11 Å². The first-order valence-corrected chi connectivity index (χ1v) is 4.50. The van der Waals surface area contributed by atoms with Crippen molar-refractivity contribution in [1.82, 2.24) is 9.38 Å². The zero-order chi connectivity index (χ0) is 10.8. The summed E-state index contributed by atoms with van der Waals surface area (Å²) >= 11 is 0. The third-order valence-electron chi connectivity index (χ3n) is 2.14. The molecule has 2 aromatic heterocycles. The second kappa shape index (κ2) is 3.70. The minimum absolute atomic E-state index is 0.298. The number of imidazole rings is 1. The van der Waals surface area contributed by atoms with E-state index in [-0.39, 0.29) is 0 Å². The summed E-state index contributed by atoms with van der Waals surface area (Å²) in [5, 5.41) is 0. The number of nitrogens with two attached hydrogens (primary N) is 1. The second-order valence-electron chi connectivity index (χ2n) is 3.12. The van der Waals surface area contributed by atoms with Gasteiger partial charge in [0.2, 0.25) is 0 Å². The van der Waals surface area contributed by atoms with Crippen molar-refractivity contribution in [3.05, 3.63) is 35.8 Å². The largest absolute Gasteiger partial charge is 0.464 e. The number of aromatic nitrogens is 2. The van der Waals surface area contributed by atoms with Crippen molar-refractivity contribution in [2.24, 2.45) is 5.73 Å². The van der Waals surface area contributed by atoms with Gasteiger partial charge in [-0.15, -0.1) is 0 Å². The van der Waals surface area contributed by atoms with Crippen LogP contribution >= 0.6 is 0 Å². The summed E-state index contributed by atoms with van der Waals surface area (Å²) in [5.74, 6) is -0.437. The van der Waals surface area contributed by atoms with E-state index in [0.29, 0.717) is 17.9 Å². The van der Waals surface area contributed by atoms with E-state index < -0.39 is 5.97 Å². The molecule has 0 aliphatic rings. The number of methoxy groups -OCH3 is 1. The van der Waals surface area contributed by atoms with Gasteiger partial charge in [0.1, 0.15) is 5.65 Å². The molecule has 0 radical (unpaired) electrons. The lowest BCUT2D eigenvalue weighted by Crippen LogP contribution is -2.00. The smallest absolute Gasteiger partial charge is 0.358 e. The summed E-state index contributed by atoms with van der Waals surface area (Å²) in [5.41, 5.74) is 7.49. The van der Waals surface area contributed by atoms with Crippen LogP contribution in [0.4, 0.5) is 0 Å². The molecule has 0 fully saturated rings. The monoisotopic (exact) mass is 205 g/mol. The van der Waals surface area contributed by atoms with E-state index >= 15 is 0 Å². The van der Waals surface area contributed by atoms with Crippen LogP contribution in [0.1, 0.15) is 16.1 Å². The summed E-state index contributed by atoms with van der Waals surface area (Å²) in [4.78, 5) is 15.3. The van der Waals surface area contributed by atoms with Crippen molar-refractivity contribution in [2.45, 2.75) is 6.54 Å². The Morgan fingerprint density at radius 3 is 3.00 bits per heavy atom. The van der Waals surface area contributed by atoms with E-state index in [1.54, 1.807) is 10.6 Å². The molecule has 0 bridgehead atoms. The lowest BCUT2D eigenvalue weighted by atomic mass is 10.3. The Hall–Kier alpha value is -1.88. The summed E-state index contributed by atoms with van der Waals surface area (Å²) in [6.45, 7) is 0.460. The molecule has 2 N–H and O–H groups in total. The van der Waals surface area contributed by atoms with Gasteiger partial charge in [-0.05, 0) is 11.6 Å². The third-order valence-corrected chi connectivity index (χ3v) is 2.14. The third kappa shape index (κ3) is 1.69. The van der Waals surface area contributed by atoms with Gasteiger partial charge in [-0.1, -0.05) is 6.07 Å². The van der Waals surface area contributed by atoms with E-state index in [4.69, 9.17) is 5.73 Å². The van der Waals surface area contributed by atoms with Crippen LogP contribution in [0.25, 0.3) is 5.65 Å². The zero-order valence-electron chi connectivity index (χ0n) is 8.30. The van der Waals surface area contributed by atoms with Gasteiger partial charge >= 0.3 is 5.97 Å². The highest BCUT2D eigenvalue weighted by Gasteiger charge is 2.10. The van der Waals surface area contributed by atoms with Crippen LogP contribution in [0.15, 0.2) is 24.5 Å². The SMILES string of the molecule is COC(=O)c1cn2cc(CN)ccc2n1. The zero-order valence-corrected chi connectivity index (χ0v) is 8.30. The van der Waals surface area contributed by atoms with Crippen LogP contribution in [0.3, 0.4) is 0 Å². The molecule has 0 unspecified atom stereocenters. The Kier molecular flexibility index (Phi) is 2.39. The van der Waals surface area contributed by atoms with Crippen LogP contribution in [-0.4, -0.2) is 22.5 Å². The van der Waals surface area contributed by atoms with Crippen molar-refractivity contribution in [3.8, 4) is 0 Å². The Morgan fingerprint density at radius 1 is 1.53 bits per heavy atom. The maximum absolute atomic E-state index is 11.2. The average molecular weight is 205 g/mol. The highest BCUT2D eigenvalue weighted by molar-refractivity contribution is 5.87. The minimum atomic E-state index is -0.437. The molecule has 0 aromatic carbocycles. The lowest BCUT2D eigenvalue weighted by molar-refractivity contribution is 0.0595. The number of rotatable bonds is 2. The lowest BCUT2D eigenvalue weighted by Gasteiger charge is -1.96. The molecule has 5 nitrogen and oxygen atoms in total. The molecule has 0 spiro atoms. The number of nitrogens with zero attached hydrogens (tertiary/aromatic N) is 2. The predicted octanol–water partition coefficient (Wildman–Crippen LogP) is 0.580. The van der Waals surface area contributed by atoms with E-state index in [0.717, 1.165) is 5.56 Å². The summed E-state index contributed by atoms with van der Waals surface area (Å²) < 4.78 is 6.34. The van der Waals surface area contributed by atoms with Gasteiger partial charge in [0, 0.05) is 18.9 Å². The van der Waals surface area contributed by atoms with Crippen LogP contribution < -0.4 is 5.73 Å². The van der Waals surface area contributed by atoms with Crippen molar-refractivity contribution in [3.63, 3.8) is 0 Å². The van der Waals surface area contributed by atoms with Crippen LogP contribution in [0.5, 0.6) is 0 Å². The standard InChI is InChI=1S/C10H11N3O2/c1-15-10(14)8-6-13-5-7(4-11)2-3-9(13)12-8/h2-3,5-6H,4,11H2,1H3. The first kappa shape index (κ1) is 9.67. The highest BCUT2D eigenvalue weighted by atomic mass is 16.5. The number of carbonyl (C=O) groups is 1. The Labute approximate surface area is 86.5 Å². The van der Waals surface area contributed by atoms with Gasteiger partial charge in [0.25, 0.3) is 0 Å². The second-order valence-corrected chi connectivity index (χ2v) is 3.12. The van der Waals surface area contributed by atoms with E-state index in [1.165, 1.54) is 7.11 Å². The van der Waals surface area contributed by atoms with Crippen molar-refractivity contribution in [1.29, 1.82) is 0 Å². The summed E-state index contributed by atoms with van der Waals surface area (Å²) in [7, 11) is 1.33. The normalized spacial score (nSPS) is 10.5. The van der Waals surface area contributed by atoms with E-state index in [9.17, 15) is 4.79 Å². The summed E-state index contributed by atoms with van der Waals surface area (Å²) in [6.07, 6.45) is 3.47. The Morgan fingerprint density at radius 2 is 2.33 bits per heavy atom. The first-order valence-electron chi connectivity index (χ1n) is 4.50. The van der Waals surface area contributed by atoms with Gasteiger partial charge in [0.15, 0.2) is 5.69 Å². The van der Waals surface area contributed by atoms with Crippen LogP contribution in [-0.2, 0) is 11.3 Å². The highest BCUT2D eigenvalue weighted by Crippen LogP contribution is 2.08. The fourth-order valence-corrected chi connectivity index (χ4v) is 1.36. The molecule has 0 aliphatic carbocycles. The van der Waals surface area contributed by atoms with Crippen molar-refractivity contribution >= 4 is 11.6 Å². The van der Waals surface area contributed by atoms with Gasteiger partial charge in [-0.25, -0.2) is 9.78 Å². The molecular weight excluding hydrogens is 194 g/mol. The molecule has 2 aromatic rings. The van der Waals surface area contributed by atoms with Gasteiger partial charge in [-0.3, -0.25) is 0 Å². The number of fused-ring (bicyclic) bond motifs is 1. The number of hydrogen-bond donors (Lipinski definition) is 1. The molecule has 2 rings (SSSR count). The van der Waals surface area contributed by atoms with Gasteiger partial charge in [-0.2, -0.15) is 0 Å². The number of esters is 1. The molecule has 0 amide bonds. The Bertz CT molecular complexity index is 504. The summed E-state index contributed by atoms with van der Waals surface area (Å²) in [6, 6.07) is 3.69. The van der Waals surface area contributed by atoms with Crippen molar-refractivity contribution in [2.75, 3.05) is 7.11 Å². The molecule has 78 valence electrons. The topological polar surface area (TPSA) is 69.6 Å². The van der Waals surface area contributed by atoms with Crippen LogP contribution in [0, 0.1) is 0 Å². The average Bonchev–Trinajstić information content (AvgIpc) is 2.70. The van der Waals surface area contributed by atoms with Gasteiger partial charge < -0.3 is 14.9 Å². The predicted molar refractivity (Wildman–Crippen MR) is 54.4 cm³/mol. The van der Waals surface area contributed by atoms with E-state index in [2.05, 4.69) is 9.72 Å². The molecule has 0 aliphatic heterocycles. The molecule has 0 saturated heterocycles. The first-order chi connectivity index (χ1) is 7.24. The van der Waals surface area contributed by atoms with E-state index in [1.807, 2.05) is 18.3 Å². The number of carbonyl (C=O) groups excluding carboxylic acids is 1. The maximum atomic E-state index is 11.2. The molecule has 5 heteroatoms.